The minimum Gasteiger partial charge on any atom is -0.444 e. The van der Waals surface area contributed by atoms with E-state index in [0.717, 1.165) is 39.8 Å². The molecule has 6 aliphatic rings. The number of thioether (sulfide) groups is 2. The number of benzene rings is 3. The Morgan fingerprint density at radius 3 is 1.91 bits per heavy atom. The summed E-state index contributed by atoms with van der Waals surface area (Å²) >= 11 is 3.01. The molecule has 11 atom stereocenters. The maximum atomic E-state index is 14.6. The van der Waals surface area contributed by atoms with E-state index in [9.17, 15) is 28.8 Å². The van der Waals surface area contributed by atoms with Gasteiger partial charge in [-0.25, -0.2) is 4.79 Å². The van der Waals surface area contributed by atoms with Crippen LogP contribution in [0.15, 0.2) is 72.8 Å². The number of fused-ring (bicyclic) bond motifs is 4. The Hall–Kier alpha value is -6.02. The molecule has 16 nitrogen and oxygen atoms in total. The monoisotopic (exact) mass is 1110 g/mol. The molecule has 0 spiro atoms. The van der Waals surface area contributed by atoms with Crippen LogP contribution in [-0.2, 0) is 51.0 Å². The van der Waals surface area contributed by atoms with E-state index in [1.165, 1.54) is 23.7 Å². The van der Waals surface area contributed by atoms with E-state index < -0.39 is 58.0 Å². The van der Waals surface area contributed by atoms with E-state index in [0.29, 0.717) is 32.2 Å². The number of nitrogens with one attached hydrogen (secondary N) is 3. The highest BCUT2D eigenvalue weighted by atomic mass is 32.2. The summed E-state index contributed by atoms with van der Waals surface area (Å²) in [4.78, 5) is 86.7. The Bertz CT molecular complexity index is 2960. The fourth-order valence-electron chi connectivity index (χ4n) is 11.8. The van der Waals surface area contributed by atoms with Crippen molar-refractivity contribution in [3.05, 3.63) is 106 Å². The minimum absolute atomic E-state index is 0.0360. The molecule has 0 aromatic heterocycles. The molecule has 4 aliphatic heterocycles. The Kier molecular flexibility index (Phi) is 17.2. The first kappa shape index (κ1) is 57.7. The van der Waals surface area contributed by atoms with Crippen LogP contribution in [-0.4, -0.2) is 134 Å². The number of carbonyl (C=O) groups is 6. The summed E-state index contributed by atoms with van der Waals surface area (Å²) in [6.07, 6.45) is 2.05. The van der Waals surface area contributed by atoms with Crippen molar-refractivity contribution in [2.45, 2.75) is 170 Å². The van der Waals surface area contributed by atoms with Gasteiger partial charge in [-0.05, 0) is 111 Å². The summed E-state index contributed by atoms with van der Waals surface area (Å²) in [6, 6.07) is 20.5. The number of nitrogens with zero attached hydrogens (tertiary/aromatic N) is 3. The van der Waals surface area contributed by atoms with E-state index in [1.54, 1.807) is 44.4 Å². The number of hydrogen-bond acceptors (Lipinski definition) is 12. The number of ether oxygens (including phenoxy) is 3. The van der Waals surface area contributed by atoms with Gasteiger partial charge < -0.3 is 45.7 Å². The van der Waals surface area contributed by atoms with Crippen LogP contribution in [0.25, 0.3) is 0 Å². The molecule has 4 heterocycles. The second-order valence-corrected chi connectivity index (χ2v) is 27.0. The zero-order valence-corrected chi connectivity index (χ0v) is 48.4. The Balaban J connectivity index is 0.776. The van der Waals surface area contributed by atoms with Crippen molar-refractivity contribution in [3.63, 3.8) is 0 Å². The molecule has 3 aromatic carbocycles. The number of carbonyl (C=O) groups excluding carboxylic acids is 6. The van der Waals surface area contributed by atoms with Crippen LogP contribution in [0, 0.1) is 34.5 Å². The molecule has 4 saturated heterocycles. The van der Waals surface area contributed by atoms with Gasteiger partial charge in [0.15, 0.2) is 0 Å². The fourth-order valence-corrected chi connectivity index (χ4v) is 15.2. The lowest BCUT2D eigenvalue weighted by Gasteiger charge is -2.34. The zero-order chi connectivity index (χ0) is 56.6. The van der Waals surface area contributed by atoms with Crippen molar-refractivity contribution in [2.75, 3.05) is 26.8 Å². The second-order valence-electron chi connectivity index (χ2n) is 24.2. The topological polar surface area (TPSA) is 202 Å². The van der Waals surface area contributed by atoms with Crippen LogP contribution in [0.4, 0.5) is 4.79 Å². The van der Waals surface area contributed by atoms with Gasteiger partial charge in [0.25, 0.3) is 0 Å². The third-order valence-electron chi connectivity index (χ3n) is 15.9. The van der Waals surface area contributed by atoms with Crippen LogP contribution in [0.3, 0.4) is 0 Å². The molecule has 2 unspecified atom stereocenters. The van der Waals surface area contributed by atoms with Crippen LogP contribution < -0.4 is 21.7 Å². The molecule has 0 bridgehead atoms. The summed E-state index contributed by atoms with van der Waals surface area (Å²) in [7, 11) is 1.52. The van der Waals surface area contributed by atoms with Crippen molar-refractivity contribution in [1.29, 1.82) is 0 Å². The van der Waals surface area contributed by atoms with Gasteiger partial charge in [0.1, 0.15) is 30.9 Å². The summed E-state index contributed by atoms with van der Waals surface area (Å²) in [6.45, 7) is 16.2. The smallest absolute Gasteiger partial charge is 0.410 e. The second kappa shape index (κ2) is 23.6. The maximum Gasteiger partial charge on any atom is 0.410 e. The van der Waals surface area contributed by atoms with Crippen molar-refractivity contribution < 1.29 is 43.0 Å². The molecule has 6 amide bonds. The van der Waals surface area contributed by atoms with Gasteiger partial charge in [-0.15, -0.1) is 23.5 Å². The first-order valence-electron chi connectivity index (χ1n) is 27.5. The standard InChI is InChI=1S/C61H75N7O9S2/c1-36(66(9)58(74)77-59(2,3)4)54(70)63-47-26-27-48(69)68-50(79-47)34-61(7,8)53(68)56(72)65-52-42-21-13-11-19-40(42)31-45(52)76-29-15-17-38-24-22-37(23-25-38)16-14-28-75-44-30-39-18-10-12-20-41(39)51(44)64-55(71)46-32-43(62)57(73)67-35-60(5,6)33-49(67)78-46/h10-13,18-25,36,43-47,49-53H,26-35,62H2,1-9H3,(H,63,70)(H,64,71)(H,65,72)/t36-,43-,44+,45+,46?,47?,49-,50-,51-,52-,53+/m0/s1. The first-order chi connectivity index (χ1) is 37.4. The largest absolute Gasteiger partial charge is 0.444 e. The lowest BCUT2D eigenvalue weighted by Crippen LogP contribution is -2.53. The molecule has 4 fully saturated rings. The van der Waals surface area contributed by atoms with Crippen LogP contribution >= 0.6 is 23.5 Å². The molecule has 79 heavy (non-hydrogen) atoms. The quantitative estimate of drug-likeness (QED) is 0.151. The molecule has 0 radical (unpaired) electrons. The van der Waals surface area contributed by atoms with Crippen molar-refractivity contribution >= 4 is 59.2 Å². The molecule has 3 aromatic rings. The minimum atomic E-state index is -0.812. The lowest BCUT2D eigenvalue weighted by atomic mass is 9.84. The Labute approximate surface area is 473 Å². The van der Waals surface area contributed by atoms with Crippen LogP contribution in [0.1, 0.15) is 133 Å². The molecule has 18 heteroatoms. The maximum absolute atomic E-state index is 14.6. The molecule has 9 rings (SSSR count). The predicted octanol–water partition coefficient (Wildman–Crippen LogP) is 6.58. The molecule has 2 aliphatic carbocycles. The van der Waals surface area contributed by atoms with Crippen molar-refractivity contribution in [3.8, 4) is 23.7 Å². The molecule has 420 valence electrons. The van der Waals surface area contributed by atoms with E-state index in [2.05, 4.69) is 59.5 Å². The van der Waals surface area contributed by atoms with E-state index in [1.807, 2.05) is 85.5 Å². The SMILES string of the molecule is C[C@@H](C(=O)NC1CCC(=O)N2[C@H](CC(C)(C)[C@H]2C(=O)N[C@H]2c3ccccc3C[C@H]2OCC#Cc2ccc(C#CCO[C@@H]3Cc4ccccc4[C@@H]3NC(=O)C3C[C@H](N)C(=O)N4CC(C)(C)C[C@@H]4S3)cc2)S1)N(C)C(=O)OC(C)(C)C. The summed E-state index contributed by atoms with van der Waals surface area (Å²) < 4.78 is 18.3. The van der Waals surface area contributed by atoms with Gasteiger partial charge in [-0.2, -0.15) is 0 Å². The number of likely N-dealkylation sites (N-methyl/N-ethyl adjacent to an activating group) is 1. The normalized spacial score (nSPS) is 27.7. The summed E-state index contributed by atoms with van der Waals surface area (Å²) in [5.74, 6) is 11.7. The van der Waals surface area contributed by atoms with Crippen LogP contribution in [0.5, 0.6) is 0 Å². The van der Waals surface area contributed by atoms with Gasteiger partial charge in [0, 0.05) is 44.0 Å². The fraction of sp³-hybridized carbons (Fsp3) is 0.541. The highest BCUT2D eigenvalue weighted by molar-refractivity contribution is 8.01. The van der Waals surface area contributed by atoms with Gasteiger partial charge in [0.05, 0.1) is 51.7 Å². The highest BCUT2D eigenvalue weighted by Gasteiger charge is 2.55. The molecular weight excluding hydrogens is 1040 g/mol. The van der Waals surface area contributed by atoms with Crippen LogP contribution in [0.2, 0.25) is 0 Å². The molecule has 5 N–H and O–H groups in total. The average molecular weight is 1110 g/mol. The van der Waals surface area contributed by atoms with Gasteiger partial charge >= 0.3 is 6.09 Å². The summed E-state index contributed by atoms with van der Waals surface area (Å²) in [5.41, 5.74) is 10.8. The Morgan fingerprint density at radius 2 is 1.34 bits per heavy atom. The van der Waals surface area contributed by atoms with Crippen molar-refractivity contribution in [1.82, 2.24) is 30.7 Å². The van der Waals surface area contributed by atoms with E-state index >= 15 is 0 Å². The van der Waals surface area contributed by atoms with E-state index in [-0.39, 0.29) is 83.9 Å². The van der Waals surface area contributed by atoms with Gasteiger partial charge in [-0.1, -0.05) is 99.9 Å². The molecule has 0 saturated carbocycles. The van der Waals surface area contributed by atoms with Crippen molar-refractivity contribution in [2.24, 2.45) is 16.6 Å². The Morgan fingerprint density at radius 1 is 0.785 bits per heavy atom. The predicted molar refractivity (Wildman–Crippen MR) is 305 cm³/mol. The lowest BCUT2D eigenvalue weighted by molar-refractivity contribution is -0.141. The number of rotatable bonds is 11. The van der Waals surface area contributed by atoms with Gasteiger partial charge in [0.2, 0.25) is 29.5 Å². The first-order valence-corrected chi connectivity index (χ1v) is 29.4. The third kappa shape index (κ3) is 13.3. The zero-order valence-electron chi connectivity index (χ0n) is 46.8. The highest BCUT2D eigenvalue weighted by Crippen LogP contribution is 2.49. The van der Waals surface area contributed by atoms with Gasteiger partial charge in [-0.3, -0.25) is 28.9 Å². The number of nitrogens with two attached hydrogens (primary N) is 1. The number of amides is 6. The summed E-state index contributed by atoms with van der Waals surface area (Å²) in [5, 5.41) is 8.34. The number of hydrogen-bond donors (Lipinski definition) is 4. The molecular formula is C61H75N7O9S2. The van der Waals surface area contributed by atoms with E-state index in [4.69, 9.17) is 19.9 Å². The third-order valence-corrected chi connectivity index (χ3v) is 18.7. The average Bonchev–Trinajstić information content (AvgIpc) is 4.26.